The first-order valence-corrected chi connectivity index (χ1v) is 6.89. The lowest BCUT2D eigenvalue weighted by Crippen LogP contribution is -2.20. The zero-order valence-corrected chi connectivity index (χ0v) is 12.7. The third kappa shape index (κ3) is 3.72. The Balaban J connectivity index is 2.31. The van der Waals surface area contributed by atoms with Crippen LogP contribution in [0.3, 0.4) is 0 Å². The van der Waals surface area contributed by atoms with Crippen molar-refractivity contribution in [3.05, 3.63) is 58.3 Å². The normalized spacial score (nSPS) is 11.8. The number of rotatable bonds is 5. The first-order chi connectivity index (χ1) is 10.0. The number of carbonyl (C=O) groups is 1. The van der Waals surface area contributed by atoms with Crippen molar-refractivity contribution in [1.29, 1.82) is 0 Å². The van der Waals surface area contributed by atoms with E-state index >= 15 is 0 Å². The van der Waals surface area contributed by atoms with E-state index in [1.165, 1.54) is 19.2 Å². The lowest BCUT2D eigenvalue weighted by atomic mass is 10.1. The topological polar surface area (TPSA) is 58.6 Å². The Morgan fingerprint density at radius 2 is 2.10 bits per heavy atom. The van der Waals surface area contributed by atoms with Gasteiger partial charge in [-0.2, -0.15) is 0 Å². The number of aliphatic carboxylic acids is 1. The number of methoxy groups -OCH3 is 1. The van der Waals surface area contributed by atoms with Crippen LogP contribution in [0.4, 0.5) is 10.1 Å². The minimum absolute atomic E-state index is 0.0744. The molecular formula is C15H13BrFNO3. The maximum absolute atomic E-state index is 13.7. The summed E-state index contributed by atoms with van der Waals surface area (Å²) in [5.74, 6) is -1.62. The van der Waals surface area contributed by atoms with E-state index in [0.29, 0.717) is 11.3 Å². The van der Waals surface area contributed by atoms with E-state index in [4.69, 9.17) is 4.74 Å². The van der Waals surface area contributed by atoms with Crippen LogP contribution in [0.5, 0.6) is 5.75 Å². The zero-order valence-electron chi connectivity index (χ0n) is 11.1. The molecule has 0 aliphatic heterocycles. The molecule has 0 spiro atoms. The van der Waals surface area contributed by atoms with E-state index in [9.17, 15) is 14.3 Å². The van der Waals surface area contributed by atoms with Crippen molar-refractivity contribution in [2.24, 2.45) is 0 Å². The number of anilines is 1. The molecule has 6 heteroatoms. The van der Waals surface area contributed by atoms with Crippen molar-refractivity contribution in [2.45, 2.75) is 6.04 Å². The minimum atomic E-state index is -1.10. The van der Waals surface area contributed by atoms with Crippen LogP contribution in [0.15, 0.2) is 46.9 Å². The van der Waals surface area contributed by atoms with Gasteiger partial charge in [0.1, 0.15) is 0 Å². The van der Waals surface area contributed by atoms with Gasteiger partial charge in [-0.25, -0.2) is 9.18 Å². The molecular weight excluding hydrogens is 341 g/mol. The summed E-state index contributed by atoms with van der Waals surface area (Å²) in [4.78, 5) is 11.4. The molecule has 110 valence electrons. The third-order valence-electron chi connectivity index (χ3n) is 2.89. The van der Waals surface area contributed by atoms with Gasteiger partial charge in [-0.3, -0.25) is 0 Å². The second kappa shape index (κ2) is 6.58. The summed E-state index contributed by atoms with van der Waals surface area (Å²) in [6.07, 6.45) is 0. The van der Waals surface area contributed by atoms with Gasteiger partial charge < -0.3 is 15.2 Å². The fourth-order valence-corrected chi connectivity index (χ4v) is 2.29. The highest BCUT2D eigenvalue weighted by molar-refractivity contribution is 9.10. The molecule has 21 heavy (non-hydrogen) atoms. The fourth-order valence-electron chi connectivity index (χ4n) is 1.89. The molecule has 2 N–H and O–H groups in total. The van der Waals surface area contributed by atoms with Gasteiger partial charge in [0.05, 0.1) is 7.11 Å². The highest BCUT2D eigenvalue weighted by Crippen LogP contribution is 2.26. The van der Waals surface area contributed by atoms with Gasteiger partial charge in [-0.15, -0.1) is 0 Å². The van der Waals surface area contributed by atoms with E-state index in [1.807, 2.05) is 6.07 Å². The number of hydrogen-bond acceptors (Lipinski definition) is 3. The molecule has 0 saturated heterocycles. The molecule has 0 radical (unpaired) electrons. The van der Waals surface area contributed by atoms with Gasteiger partial charge in [-0.05, 0) is 35.9 Å². The maximum atomic E-state index is 13.7. The van der Waals surface area contributed by atoms with Crippen LogP contribution >= 0.6 is 15.9 Å². The van der Waals surface area contributed by atoms with E-state index in [2.05, 4.69) is 21.2 Å². The number of benzene rings is 2. The molecule has 2 aromatic carbocycles. The average Bonchev–Trinajstić information content (AvgIpc) is 2.44. The smallest absolute Gasteiger partial charge is 0.330 e. The van der Waals surface area contributed by atoms with Crippen LogP contribution in [0.1, 0.15) is 11.6 Å². The molecule has 2 rings (SSSR count). The number of nitrogens with one attached hydrogen (secondary N) is 1. The van der Waals surface area contributed by atoms with Gasteiger partial charge >= 0.3 is 5.97 Å². The summed E-state index contributed by atoms with van der Waals surface area (Å²) in [6, 6.07) is 10.1. The number of halogens is 2. The molecule has 2 aromatic rings. The SMILES string of the molecule is COc1ccc(C(Nc2cccc(Br)c2)C(=O)O)cc1F. The van der Waals surface area contributed by atoms with Crippen molar-refractivity contribution in [2.75, 3.05) is 12.4 Å². The Bertz CT molecular complexity index is 663. The lowest BCUT2D eigenvalue weighted by Gasteiger charge is -2.17. The summed E-state index contributed by atoms with van der Waals surface area (Å²) in [7, 11) is 1.35. The molecule has 0 aliphatic rings. The van der Waals surface area contributed by atoms with Crippen molar-refractivity contribution >= 4 is 27.6 Å². The van der Waals surface area contributed by atoms with Crippen LogP contribution in [-0.2, 0) is 4.79 Å². The monoisotopic (exact) mass is 353 g/mol. The molecule has 4 nitrogen and oxygen atoms in total. The van der Waals surface area contributed by atoms with Gasteiger partial charge in [0, 0.05) is 10.2 Å². The Morgan fingerprint density at radius 1 is 1.33 bits per heavy atom. The predicted molar refractivity (Wildman–Crippen MR) is 81.1 cm³/mol. The van der Waals surface area contributed by atoms with Crippen LogP contribution < -0.4 is 10.1 Å². The highest BCUT2D eigenvalue weighted by Gasteiger charge is 2.21. The molecule has 1 unspecified atom stereocenters. The predicted octanol–water partition coefficient (Wildman–Crippen LogP) is 3.83. The Kier molecular flexibility index (Phi) is 4.80. The summed E-state index contributed by atoms with van der Waals surface area (Å²) < 4.78 is 19.4. The quantitative estimate of drug-likeness (QED) is 0.857. The summed E-state index contributed by atoms with van der Waals surface area (Å²) in [5.41, 5.74) is 0.925. The summed E-state index contributed by atoms with van der Waals surface area (Å²) in [5, 5.41) is 12.2. The fraction of sp³-hybridized carbons (Fsp3) is 0.133. The van der Waals surface area contributed by atoms with Crippen LogP contribution in [0, 0.1) is 5.82 Å². The van der Waals surface area contributed by atoms with Gasteiger partial charge in [0.25, 0.3) is 0 Å². The second-order valence-corrected chi connectivity index (χ2v) is 5.24. The third-order valence-corrected chi connectivity index (χ3v) is 3.39. The molecule has 0 aromatic heterocycles. The number of carboxylic acids is 1. The van der Waals surface area contributed by atoms with Gasteiger partial charge in [0.2, 0.25) is 0 Å². The van der Waals surface area contributed by atoms with E-state index in [-0.39, 0.29) is 5.75 Å². The summed E-state index contributed by atoms with van der Waals surface area (Å²) in [6.45, 7) is 0. The Hall–Kier alpha value is -2.08. The van der Waals surface area contributed by atoms with Crippen molar-refractivity contribution in [1.82, 2.24) is 0 Å². The highest BCUT2D eigenvalue weighted by atomic mass is 79.9. The minimum Gasteiger partial charge on any atom is -0.494 e. The Morgan fingerprint density at radius 3 is 2.67 bits per heavy atom. The van der Waals surface area contributed by atoms with E-state index < -0.39 is 17.8 Å². The number of ether oxygens (including phenoxy) is 1. The average molecular weight is 354 g/mol. The molecule has 0 aliphatic carbocycles. The Labute approximate surface area is 129 Å². The first-order valence-electron chi connectivity index (χ1n) is 6.09. The molecule has 0 heterocycles. The van der Waals surface area contributed by atoms with Crippen molar-refractivity contribution in [3.63, 3.8) is 0 Å². The zero-order chi connectivity index (χ0) is 15.4. The maximum Gasteiger partial charge on any atom is 0.330 e. The number of hydrogen-bond donors (Lipinski definition) is 2. The molecule has 0 bridgehead atoms. The standard InChI is InChI=1S/C15H13BrFNO3/c1-21-13-6-5-9(7-12(13)17)14(15(19)20)18-11-4-2-3-10(16)8-11/h2-8,14,18H,1H3,(H,19,20). The molecule has 0 amide bonds. The molecule has 0 fully saturated rings. The van der Waals surface area contributed by atoms with Crippen LogP contribution in [0.25, 0.3) is 0 Å². The van der Waals surface area contributed by atoms with Crippen molar-refractivity contribution < 1.29 is 19.0 Å². The van der Waals surface area contributed by atoms with Gasteiger partial charge in [-0.1, -0.05) is 28.1 Å². The first kappa shape index (κ1) is 15.3. The summed E-state index contributed by atoms with van der Waals surface area (Å²) >= 11 is 3.31. The lowest BCUT2D eigenvalue weighted by molar-refractivity contribution is -0.138. The molecule has 0 saturated carbocycles. The van der Waals surface area contributed by atoms with Crippen LogP contribution in [-0.4, -0.2) is 18.2 Å². The van der Waals surface area contributed by atoms with Crippen molar-refractivity contribution in [3.8, 4) is 5.75 Å². The number of carboxylic acid groups (broad SMARTS) is 1. The largest absolute Gasteiger partial charge is 0.494 e. The van der Waals surface area contributed by atoms with Gasteiger partial charge in [0.15, 0.2) is 17.6 Å². The van der Waals surface area contributed by atoms with Crippen LogP contribution in [0.2, 0.25) is 0 Å². The van der Waals surface area contributed by atoms with E-state index in [1.54, 1.807) is 18.2 Å². The second-order valence-electron chi connectivity index (χ2n) is 4.32. The van der Waals surface area contributed by atoms with E-state index in [0.717, 1.165) is 10.5 Å². The molecule has 1 atom stereocenters.